The number of rotatable bonds is 7. The number of carbonyl (C=O) groups is 1. The number of para-hydroxylation sites is 1. The number of ether oxygens (including phenoxy) is 1. The minimum atomic E-state index is -4.82. The van der Waals surface area contributed by atoms with Crippen LogP contribution in [0.25, 0.3) is 5.69 Å². The molecule has 0 atom stereocenters. The van der Waals surface area contributed by atoms with Gasteiger partial charge in [-0.15, -0.1) is 5.10 Å². The van der Waals surface area contributed by atoms with E-state index in [9.17, 15) is 35.9 Å². The first-order valence-corrected chi connectivity index (χ1v) is 9.86. The lowest BCUT2D eigenvalue weighted by molar-refractivity contribution is -0.153. The number of amides is 1. The van der Waals surface area contributed by atoms with Crippen molar-refractivity contribution >= 4 is 11.6 Å². The quantitative estimate of drug-likeness (QED) is 0.508. The summed E-state index contributed by atoms with van der Waals surface area (Å²) < 4.78 is 87.4. The van der Waals surface area contributed by atoms with Crippen molar-refractivity contribution in [2.24, 2.45) is 7.05 Å². The summed E-state index contributed by atoms with van der Waals surface area (Å²) in [6.07, 6.45) is -3.85. The van der Waals surface area contributed by atoms with Gasteiger partial charge in [0.15, 0.2) is 6.61 Å². The van der Waals surface area contributed by atoms with Crippen molar-refractivity contribution in [1.29, 1.82) is 0 Å². The molecule has 3 rings (SSSR count). The minimum Gasteiger partial charge on any atom is -0.483 e. The Bertz CT molecular complexity index is 1260. The molecule has 0 bridgehead atoms. The summed E-state index contributed by atoms with van der Waals surface area (Å²) in [7, 11) is 1.39. The molecule has 0 saturated heterocycles. The van der Waals surface area contributed by atoms with Gasteiger partial charge in [-0.1, -0.05) is 13.0 Å². The molecule has 2 aromatic carbocycles. The van der Waals surface area contributed by atoms with Gasteiger partial charge in [-0.05, 0) is 24.6 Å². The number of aromatic nitrogens is 3. The molecule has 34 heavy (non-hydrogen) atoms. The monoisotopic (exact) mass is 488 g/mol. The molecule has 3 aromatic rings. The number of carbonyl (C=O) groups excluding carboxylic acids is 1. The van der Waals surface area contributed by atoms with Gasteiger partial charge in [0, 0.05) is 19.5 Å². The molecule has 1 heterocycles. The number of nitrogens with zero attached hydrogens (tertiary/aromatic N) is 3. The van der Waals surface area contributed by atoms with Crippen LogP contribution in [0.3, 0.4) is 0 Å². The highest BCUT2D eigenvalue weighted by atomic mass is 19.4. The van der Waals surface area contributed by atoms with Gasteiger partial charge >= 0.3 is 11.9 Å². The minimum absolute atomic E-state index is 0.293. The molecule has 0 spiro atoms. The molecular formula is C21H18F6N4O3. The predicted molar refractivity (Wildman–Crippen MR) is 109 cm³/mol. The standard InChI is InChI=1S/C21H18F6N4O3/c1-3-5-17-29-31(20(33)30(17)2)15-9-16(34-10-21(25,26)27)11(8-14(15)24)19(32)28-18-12(22)6-4-7-13(18)23/h4,6-9H,3,5,10H2,1-2H3,(H,28,32). The largest absolute Gasteiger partial charge is 0.483 e. The Morgan fingerprint density at radius 1 is 1.12 bits per heavy atom. The second-order valence-electron chi connectivity index (χ2n) is 7.17. The van der Waals surface area contributed by atoms with Crippen LogP contribution < -0.4 is 15.7 Å². The summed E-state index contributed by atoms with van der Waals surface area (Å²) in [5.41, 5.74) is -3.03. The van der Waals surface area contributed by atoms with Gasteiger partial charge < -0.3 is 10.1 Å². The Kier molecular flexibility index (Phi) is 7.03. The van der Waals surface area contributed by atoms with E-state index in [0.717, 1.165) is 22.8 Å². The second-order valence-corrected chi connectivity index (χ2v) is 7.17. The summed E-state index contributed by atoms with van der Waals surface area (Å²) in [6, 6.07) is 3.90. The molecule has 0 fully saturated rings. The molecule has 0 unspecified atom stereocenters. The summed E-state index contributed by atoms with van der Waals surface area (Å²) >= 11 is 0. The smallest absolute Gasteiger partial charge is 0.422 e. The van der Waals surface area contributed by atoms with Gasteiger partial charge in [-0.25, -0.2) is 18.0 Å². The zero-order chi connectivity index (χ0) is 25.2. The number of hydrogen-bond donors (Lipinski definition) is 1. The Morgan fingerprint density at radius 3 is 2.35 bits per heavy atom. The van der Waals surface area contributed by atoms with E-state index in [1.165, 1.54) is 7.05 Å². The molecule has 13 heteroatoms. The van der Waals surface area contributed by atoms with Crippen LogP contribution in [0, 0.1) is 17.5 Å². The van der Waals surface area contributed by atoms with E-state index < -0.39 is 64.5 Å². The van der Waals surface area contributed by atoms with Crippen molar-refractivity contribution in [1.82, 2.24) is 14.3 Å². The predicted octanol–water partition coefficient (Wildman–Crippen LogP) is 4.13. The maximum atomic E-state index is 14.9. The molecule has 0 aliphatic rings. The molecular weight excluding hydrogens is 470 g/mol. The van der Waals surface area contributed by atoms with Crippen LogP contribution in [0.5, 0.6) is 5.75 Å². The van der Waals surface area contributed by atoms with E-state index in [1.807, 2.05) is 12.2 Å². The Hall–Kier alpha value is -3.77. The third-order valence-corrected chi connectivity index (χ3v) is 4.66. The number of hydrogen-bond acceptors (Lipinski definition) is 4. The molecule has 182 valence electrons. The molecule has 1 N–H and O–H groups in total. The molecule has 0 radical (unpaired) electrons. The maximum absolute atomic E-state index is 14.9. The lowest BCUT2D eigenvalue weighted by atomic mass is 10.1. The number of nitrogens with one attached hydrogen (secondary N) is 1. The molecule has 1 amide bonds. The second kappa shape index (κ2) is 9.61. The van der Waals surface area contributed by atoms with Crippen molar-refractivity contribution in [3.8, 4) is 11.4 Å². The van der Waals surface area contributed by atoms with E-state index in [2.05, 4.69) is 9.84 Å². The van der Waals surface area contributed by atoms with Crippen LogP contribution in [0.2, 0.25) is 0 Å². The normalized spacial score (nSPS) is 11.5. The topological polar surface area (TPSA) is 78.2 Å². The first-order valence-electron chi connectivity index (χ1n) is 9.86. The fraction of sp³-hybridized carbons (Fsp3) is 0.286. The SMILES string of the molecule is CCCc1nn(-c2cc(OCC(F)(F)F)c(C(=O)Nc3c(F)cccc3F)cc2F)c(=O)n1C. The summed E-state index contributed by atoms with van der Waals surface area (Å²) in [6.45, 7) is -0.0381. The van der Waals surface area contributed by atoms with Gasteiger partial charge in [0.2, 0.25) is 0 Å². The number of anilines is 1. The van der Waals surface area contributed by atoms with E-state index in [4.69, 9.17) is 0 Å². The van der Waals surface area contributed by atoms with Crippen LogP contribution in [-0.4, -0.2) is 33.0 Å². The Morgan fingerprint density at radius 2 is 1.76 bits per heavy atom. The van der Waals surface area contributed by atoms with Crippen molar-refractivity contribution in [3.05, 3.63) is 69.7 Å². The van der Waals surface area contributed by atoms with E-state index in [-0.39, 0.29) is 0 Å². The first-order chi connectivity index (χ1) is 15.9. The van der Waals surface area contributed by atoms with E-state index >= 15 is 0 Å². The number of aryl methyl sites for hydroxylation is 1. The summed E-state index contributed by atoms with van der Waals surface area (Å²) in [4.78, 5) is 25.1. The van der Waals surface area contributed by atoms with Gasteiger partial charge in [0.05, 0.1) is 5.56 Å². The average molecular weight is 488 g/mol. The Balaban J connectivity index is 2.10. The van der Waals surface area contributed by atoms with Gasteiger partial charge in [0.1, 0.15) is 40.4 Å². The molecule has 1 aromatic heterocycles. The number of halogens is 6. The van der Waals surface area contributed by atoms with Gasteiger partial charge in [-0.2, -0.15) is 17.9 Å². The average Bonchev–Trinajstić information content (AvgIpc) is 3.03. The van der Waals surface area contributed by atoms with Crippen molar-refractivity contribution in [3.63, 3.8) is 0 Å². The van der Waals surface area contributed by atoms with E-state index in [1.54, 1.807) is 0 Å². The highest BCUT2D eigenvalue weighted by Gasteiger charge is 2.30. The highest BCUT2D eigenvalue weighted by Crippen LogP contribution is 2.29. The fourth-order valence-corrected chi connectivity index (χ4v) is 3.04. The van der Waals surface area contributed by atoms with Crippen molar-refractivity contribution < 1.29 is 35.9 Å². The third kappa shape index (κ3) is 5.24. The molecule has 0 saturated carbocycles. The van der Waals surface area contributed by atoms with Crippen LogP contribution in [-0.2, 0) is 13.5 Å². The zero-order valence-electron chi connectivity index (χ0n) is 17.8. The van der Waals surface area contributed by atoms with Crippen molar-refractivity contribution in [2.75, 3.05) is 11.9 Å². The van der Waals surface area contributed by atoms with Crippen LogP contribution in [0.4, 0.5) is 32.0 Å². The third-order valence-electron chi connectivity index (χ3n) is 4.66. The molecule has 7 nitrogen and oxygen atoms in total. The zero-order valence-corrected chi connectivity index (χ0v) is 17.8. The lowest BCUT2D eigenvalue weighted by Gasteiger charge is -2.15. The molecule has 0 aliphatic carbocycles. The first kappa shape index (κ1) is 24.9. The van der Waals surface area contributed by atoms with Crippen molar-refractivity contribution in [2.45, 2.75) is 25.9 Å². The van der Waals surface area contributed by atoms with Crippen LogP contribution in [0.1, 0.15) is 29.5 Å². The summed E-state index contributed by atoms with van der Waals surface area (Å²) in [5.74, 6) is -5.36. The van der Waals surface area contributed by atoms with E-state index in [0.29, 0.717) is 35.5 Å². The fourth-order valence-electron chi connectivity index (χ4n) is 3.04. The lowest BCUT2D eigenvalue weighted by Crippen LogP contribution is -2.24. The van der Waals surface area contributed by atoms with Crippen LogP contribution >= 0.6 is 0 Å². The van der Waals surface area contributed by atoms with Crippen LogP contribution in [0.15, 0.2) is 35.1 Å². The summed E-state index contributed by atoms with van der Waals surface area (Å²) in [5, 5.41) is 5.85. The Labute approximate surface area is 188 Å². The van der Waals surface area contributed by atoms with Gasteiger partial charge in [0.25, 0.3) is 5.91 Å². The maximum Gasteiger partial charge on any atom is 0.422 e. The molecule has 0 aliphatic heterocycles. The number of benzene rings is 2. The number of alkyl halides is 3. The van der Waals surface area contributed by atoms with Gasteiger partial charge in [-0.3, -0.25) is 9.36 Å². The highest BCUT2D eigenvalue weighted by molar-refractivity contribution is 6.06.